The van der Waals surface area contributed by atoms with Gasteiger partial charge in [0, 0.05) is 7.05 Å². The molecular weight excluding hydrogens is 224 g/mol. The van der Waals surface area contributed by atoms with Crippen LogP contribution in [-0.2, 0) is 9.59 Å². The summed E-state index contributed by atoms with van der Waals surface area (Å²) in [6.07, 6.45) is 0. The Hall–Kier alpha value is -2.41. The quantitative estimate of drug-likeness (QED) is 0.228. The molecule has 0 aromatic heterocycles. The van der Waals surface area contributed by atoms with Crippen LogP contribution in [0.3, 0.4) is 0 Å². The molecule has 0 unspecified atom stereocenters. The molecule has 0 atom stereocenters. The third kappa shape index (κ3) is 3.02. The number of amides is 2. The van der Waals surface area contributed by atoms with Crippen molar-refractivity contribution in [3.05, 3.63) is 34.5 Å². The minimum Gasteiger partial charge on any atom is -0.385 e. The summed E-state index contributed by atoms with van der Waals surface area (Å²) in [4.78, 5) is 33.9. The number of hydrogen-bond donors (Lipinski definition) is 4. The van der Waals surface area contributed by atoms with Crippen LogP contribution in [0.25, 0.3) is 0 Å². The number of carbonyl (C=O) groups excluding carboxylic acids is 2. The molecule has 1 aromatic carbocycles. The van der Waals surface area contributed by atoms with Crippen LogP contribution in [0.2, 0.25) is 0 Å². The molecule has 0 saturated carbocycles. The van der Waals surface area contributed by atoms with Crippen molar-refractivity contribution in [3.8, 4) is 0 Å². The van der Waals surface area contributed by atoms with E-state index in [-0.39, 0.29) is 5.69 Å². The third-order valence-corrected chi connectivity index (χ3v) is 1.98. The van der Waals surface area contributed by atoms with Gasteiger partial charge in [-0.3, -0.25) is 19.8 Å². The first-order valence-corrected chi connectivity index (χ1v) is 4.73. The summed E-state index contributed by atoms with van der Waals surface area (Å²) in [6.45, 7) is 0. The number of anilines is 2. The van der Waals surface area contributed by atoms with Crippen LogP contribution in [0.15, 0.2) is 29.1 Å². The van der Waals surface area contributed by atoms with E-state index in [1.807, 2.05) is 0 Å². The Kier molecular flexibility index (Phi) is 4.18. The number of hydrazine groups is 1. The topological polar surface area (TPSA) is 113 Å². The first-order valence-electron chi connectivity index (χ1n) is 4.73. The Bertz CT molecular complexity index is 501. The number of hydrogen-bond acceptors (Lipinski definition) is 5. The fourth-order valence-corrected chi connectivity index (χ4v) is 1.14. The molecule has 7 nitrogen and oxygen atoms in total. The predicted molar refractivity (Wildman–Crippen MR) is 63.2 cm³/mol. The van der Waals surface area contributed by atoms with Crippen LogP contribution in [-0.4, -0.2) is 18.9 Å². The van der Waals surface area contributed by atoms with E-state index in [0.29, 0.717) is 5.69 Å². The fraction of sp³-hybridized carbons (Fsp3) is 0.100. The van der Waals surface area contributed by atoms with Crippen molar-refractivity contribution in [1.82, 2.24) is 5.43 Å². The minimum atomic E-state index is -1.03. The molecule has 1 aromatic rings. The summed E-state index contributed by atoms with van der Waals surface area (Å²) >= 11 is 0. The van der Waals surface area contributed by atoms with E-state index < -0.39 is 17.2 Å². The molecule has 17 heavy (non-hydrogen) atoms. The molecule has 0 heterocycles. The smallest absolute Gasteiger partial charge is 0.323 e. The predicted octanol–water partition coefficient (Wildman–Crippen LogP) is -0.983. The summed E-state index contributed by atoms with van der Waals surface area (Å²) in [6, 6.07) is 6.15. The van der Waals surface area contributed by atoms with E-state index in [1.165, 1.54) is 6.07 Å². The van der Waals surface area contributed by atoms with Crippen LogP contribution >= 0.6 is 0 Å². The minimum absolute atomic E-state index is 0.00653. The normalized spacial score (nSPS) is 9.29. The van der Waals surface area contributed by atoms with Crippen molar-refractivity contribution in [1.29, 1.82) is 0 Å². The van der Waals surface area contributed by atoms with Gasteiger partial charge >= 0.3 is 11.8 Å². The largest absolute Gasteiger partial charge is 0.385 e. The van der Waals surface area contributed by atoms with Gasteiger partial charge in [-0.1, -0.05) is 12.1 Å². The molecular formula is C10H12N4O3. The molecule has 0 spiro atoms. The van der Waals surface area contributed by atoms with Gasteiger partial charge in [0.05, 0.1) is 11.4 Å². The SMILES string of the molecule is CNc1ccccc(NC(=O)C(=O)NN)c1=O. The average Bonchev–Trinajstić information content (AvgIpc) is 2.51. The van der Waals surface area contributed by atoms with Crippen LogP contribution in [0.4, 0.5) is 11.4 Å². The van der Waals surface area contributed by atoms with Gasteiger partial charge in [-0.05, 0) is 12.1 Å². The van der Waals surface area contributed by atoms with Crippen LogP contribution < -0.4 is 27.3 Å². The summed E-state index contributed by atoms with van der Waals surface area (Å²) in [5, 5.41) is 4.86. The molecule has 0 radical (unpaired) electrons. The molecule has 7 heteroatoms. The number of nitrogens with one attached hydrogen (secondary N) is 3. The molecule has 0 aliphatic carbocycles. The van der Waals surface area contributed by atoms with Gasteiger partial charge in [0.1, 0.15) is 0 Å². The van der Waals surface area contributed by atoms with Gasteiger partial charge in [-0.2, -0.15) is 0 Å². The highest BCUT2D eigenvalue weighted by Crippen LogP contribution is 2.04. The standard InChI is InChI=1S/C10H12N4O3/c1-12-6-4-2-3-5-7(8(6)15)13-9(16)10(17)14-11/h2-5H,11H2,1H3,(H,14,17)(H2,12,13,15,16). The zero-order valence-electron chi connectivity index (χ0n) is 9.11. The molecule has 0 aliphatic rings. The first-order chi connectivity index (χ1) is 8.10. The monoisotopic (exact) mass is 236 g/mol. The lowest BCUT2D eigenvalue weighted by Gasteiger charge is -2.02. The average molecular weight is 236 g/mol. The van der Waals surface area contributed by atoms with Crippen molar-refractivity contribution >= 4 is 23.2 Å². The van der Waals surface area contributed by atoms with Crippen molar-refractivity contribution in [3.63, 3.8) is 0 Å². The van der Waals surface area contributed by atoms with Gasteiger partial charge in [0.25, 0.3) is 0 Å². The van der Waals surface area contributed by atoms with Gasteiger partial charge in [0.2, 0.25) is 5.43 Å². The van der Waals surface area contributed by atoms with E-state index in [9.17, 15) is 14.4 Å². The van der Waals surface area contributed by atoms with Crippen molar-refractivity contribution in [2.24, 2.45) is 5.84 Å². The lowest BCUT2D eigenvalue weighted by Crippen LogP contribution is -2.40. The van der Waals surface area contributed by atoms with Crippen LogP contribution in [0.1, 0.15) is 0 Å². The first kappa shape index (κ1) is 12.7. The summed E-state index contributed by atoms with van der Waals surface area (Å²) in [5.74, 6) is 2.77. The molecule has 1 rings (SSSR count). The van der Waals surface area contributed by atoms with E-state index >= 15 is 0 Å². The van der Waals surface area contributed by atoms with E-state index in [2.05, 4.69) is 10.6 Å². The maximum Gasteiger partial charge on any atom is 0.323 e. The number of nitrogens with two attached hydrogens (primary N) is 1. The van der Waals surface area contributed by atoms with Crippen molar-refractivity contribution in [2.45, 2.75) is 0 Å². The summed E-state index contributed by atoms with van der Waals surface area (Å²) in [7, 11) is 1.58. The second-order valence-corrected chi connectivity index (χ2v) is 3.05. The van der Waals surface area contributed by atoms with Gasteiger partial charge < -0.3 is 10.6 Å². The maximum absolute atomic E-state index is 11.8. The summed E-state index contributed by atoms with van der Waals surface area (Å²) < 4.78 is 0. The highest BCUT2D eigenvalue weighted by atomic mass is 16.2. The highest BCUT2D eigenvalue weighted by molar-refractivity contribution is 6.39. The Morgan fingerprint density at radius 2 is 1.71 bits per heavy atom. The van der Waals surface area contributed by atoms with Crippen LogP contribution in [0.5, 0.6) is 0 Å². The van der Waals surface area contributed by atoms with Gasteiger partial charge in [0.15, 0.2) is 0 Å². The second-order valence-electron chi connectivity index (χ2n) is 3.05. The van der Waals surface area contributed by atoms with E-state index in [1.54, 1.807) is 30.7 Å². The molecule has 0 bridgehead atoms. The Labute approximate surface area is 97.0 Å². The Morgan fingerprint density at radius 3 is 2.24 bits per heavy atom. The zero-order chi connectivity index (χ0) is 12.8. The lowest BCUT2D eigenvalue weighted by molar-refractivity contribution is -0.136. The van der Waals surface area contributed by atoms with Gasteiger partial charge in [-0.15, -0.1) is 0 Å². The molecule has 0 fully saturated rings. The summed E-state index contributed by atoms with van der Waals surface area (Å²) in [5.41, 5.74) is 1.55. The van der Waals surface area contributed by atoms with E-state index in [0.717, 1.165) is 0 Å². The Balaban J connectivity index is 3.09. The maximum atomic E-state index is 11.8. The van der Waals surface area contributed by atoms with Crippen molar-refractivity contribution in [2.75, 3.05) is 17.7 Å². The number of carbonyl (C=O) groups is 2. The Morgan fingerprint density at radius 1 is 1.12 bits per heavy atom. The number of rotatable bonds is 2. The van der Waals surface area contributed by atoms with Gasteiger partial charge in [-0.25, -0.2) is 5.84 Å². The highest BCUT2D eigenvalue weighted by Gasteiger charge is 2.13. The van der Waals surface area contributed by atoms with Crippen LogP contribution in [0, 0.1) is 0 Å². The zero-order valence-corrected chi connectivity index (χ0v) is 9.11. The fourth-order valence-electron chi connectivity index (χ4n) is 1.14. The molecule has 0 saturated heterocycles. The molecule has 0 aliphatic heterocycles. The lowest BCUT2D eigenvalue weighted by atomic mass is 10.3. The van der Waals surface area contributed by atoms with Crippen molar-refractivity contribution < 1.29 is 9.59 Å². The second kappa shape index (κ2) is 5.61. The molecule has 2 amide bonds. The third-order valence-electron chi connectivity index (χ3n) is 1.98. The molecule has 90 valence electrons. The molecule has 5 N–H and O–H groups in total. The van der Waals surface area contributed by atoms with E-state index in [4.69, 9.17) is 5.84 Å².